The first-order chi connectivity index (χ1) is 8.21. The zero-order valence-electron chi connectivity index (χ0n) is 10.1. The molecule has 0 aliphatic heterocycles. The molecule has 0 aliphatic rings. The summed E-state index contributed by atoms with van der Waals surface area (Å²) in [5.41, 5.74) is -1.05. The summed E-state index contributed by atoms with van der Waals surface area (Å²) in [5, 5.41) is 30.5. The number of aryl methyl sites for hydroxylation is 1. The van der Waals surface area contributed by atoms with E-state index in [2.05, 4.69) is 17.2 Å². The van der Waals surface area contributed by atoms with Crippen LogP contribution >= 0.6 is 0 Å². The predicted octanol–water partition coefficient (Wildman–Crippen LogP) is -0.902. The molecule has 0 amide bonds. The van der Waals surface area contributed by atoms with Crippen molar-refractivity contribution in [3.8, 4) is 0 Å². The van der Waals surface area contributed by atoms with E-state index < -0.39 is 5.54 Å². The molecule has 0 bridgehead atoms. The van der Waals surface area contributed by atoms with Gasteiger partial charge in [-0.15, -0.1) is 0 Å². The minimum atomic E-state index is -1.05. The van der Waals surface area contributed by atoms with Crippen molar-refractivity contribution in [2.75, 3.05) is 19.8 Å². The number of nitrogens with zero attached hydrogens (tertiary/aromatic N) is 2. The van der Waals surface area contributed by atoms with Crippen LogP contribution in [-0.2, 0) is 13.1 Å². The number of aliphatic hydroxyl groups excluding tert-OH is 3. The minimum Gasteiger partial charge on any atom is -0.394 e. The summed E-state index contributed by atoms with van der Waals surface area (Å²) in [4.78, 5) is 4.20. The van der Waals surface area contributed by atoms with E-state index in [9.17, 15) is 0 Å². The second-order valence-electron chi connectivity index (χ2n) is 4.15. The van der Waals surface area contributed by atoms with Crippen LogP contribution in [0.15, 0.2) is 12.4 Å². The van der Waals surface area contributed by atoms with Crippen molar-refractivity contribution in [2.45, 2.75) is 32.0 Å². The summed E-state index contributed by atoms with van der Waals surface area (Å²) in [6.45, 7) is 2.38. The first kappa shape index (κ1) is 14.1. The third-order valence-corrected chi connectivity index (χ3v) is 2.80. The molecule has 0 unspecified atom stereocenters. The van der Waals surface area contributed by atoms with Crippen molar-refractivity contribution in [3.05, 3.63) is 18.2 Å². The van der Waals surface area contributed by atoms with Crippen LogP contribution in [0.2, 0.25) is 0 Å². The molecule has 0 saturated heterocycles. The van der Waals surface area contributed by atoms with E-state index in [0.717, 1.165) is 18.8 Å². The molecule has 4 N–H and O–H groups in total. The van der Waals surface area contributed by atoms with Crippen LogP contribution in [0.3, 0.4) is 0 Å². The summed E-state index contributed by atoms with van der Waals surface area (Å²) in [6, 6.07) is 0. The maximum atomic E-state index is 9.17. The van der Waals surface area contributed by atoms with Crippen LogP contribution in [0.1, 0.15) is 19.2 Å². The molecule has 0 spiro atoms. The van der Waals surface area contributed by atoms with Gasteiger partial charge >= 0.3 is 0 Å². The minimum absolute atomic E-state index is 0.325. The zero-order valence-corrected chi connectivity index (χ0v) is 10.1. The first-order valence-electron chi connectivity index (χ1n) is 5.79. The van der Waals surface area contributed by atoms with Crippen LogP contribution in [0.5, 0.6) is 0 Å². The van der Waals surface area contributed by atoms with Crippen LogP contribution < -0.4 is 5.32 Å². The highest BCUT2D eigenvalue weighted by atomic mass is 16.3. The second-order valence-corrected chi connectivity index (χ2v) is 4.15. The molecule has 0 atom stereocenters. The van der Waals surface area contributed by atoms with Crippen molar-refractivity contribution >= 4 is 0 Å². The molecule has 17 heavy (non-hydrogen) atoms. The van der Waals surface area contributed by atoms with E-state index in [0.29, 0.717) is 6.54 Å². The van der Waals surface area contributed by atoms with Crippen molar-refractivity contribution in [1.29, 1.82) is 0 Å². The largest absolute Gasteiger partial charge is 0.394 e. The lowest BCUT2D eigenvalue weighted by molar-refractivity contribution is 0.0407. The van der Waals surface area contributed by atoms with Gasteiger partial charge in [0.1, 0.15) is 5.82 Å². The Morgan fingerprint density at radius 1 is 1.29 bits per heavy atom. The number of hydrogen-bond acceptors (Lipinski definition) is 5. The molecule has 0 saturated carbocycles. The van der Waals surface area contributed by atoms with Gasteiger partial charge < -0.3 is 19.9 Å². The average Bonchev–Trinajstić information content (AvgIpc) is 2.80. The van der Waals surface area contributed by atoms with E-state index in [1.165, 1.54) is 0 Å². The van der Waals surface area contributed by atoms with Gasteiger partial charge in [0.2, 0.25) is 0 Å². The van der Waals surface area contributed by atoms with Crippen molar-refractivity contribution in [3.63, 3.8) is 0 Å². The molecule has 6 heteroatoms. The Bertz CT molecular complexity index is 315. The highest BCUT2D eigenvalue weighted by Gasteiger charge is 2.27. The smallest absolute Gasteiger partial charge is 0.122 e. The lowest BCUT2D eigenvalue weighted by atomic mass is 10.0. The van der Waals surface area contributed by atoms with E-state index in [1.54, 1.807) is 6.20 Å². The summed E-state index contributed by atoms with van der Waals surface area (Å²) in [5.74, 6) is 0.826. The molecule has 6 nitrogen and oxygen atoms in total. The van der Waals surface area contributed by atoms with Crippen LogP contribution in [-0.4, -0.2) is 50.2 Å². The quantitative estimate of drug-likeness (QED) is 0.475. The average molecular weight is 243 g/mol. The molecule has 1 rings (SSSR count). The molecule has 98 valence electrons. The fourth-order valence-corrected chi connectivity index (χ4v) is 1.54. The topological polar surface area (TPSA) is 90.5 Å². The van der Waals surface area contributed by atoms with Crippen LogP contribution in [0.25, 0.3) is 0 Å². The Labute approximate surface area is 101 Å². The van der Waals surface area contributed by atoms with Crippen molar-refractivity contribution in [1.82, 2.24) is 14.9 Å². The SMILES string of the molecule is CCCn1ccnc1CNC(CO)(CO)CO. The molecule has 0 radical (unpaired) electrons. The highest BCUT2D eigenvalue weighted by molar-refractivity contribution is 4.95. The maximum absolute atomic E-state index is 9.17. The van der Waals surface area contributed by atoms with E-state index in [-0.39, 0.29) is 19.8 Å². The maximum Gasteiger partial charge on any atom is 0.122 e. The summed E-state index contributed by atoms with van der Waals surface area (Å²) in [6.07, 6.45) is 4.61. The zero-order chi connectivity index (χ0) is 12.7. The normalized spacial score (nSPS) is 12.0. The number of hydrogen-bond donors (Lipinski definition) is 4. The Balaban J connectivity index is 2.62. The lowest BCUT2D eigenvalue weighted by Gasteiger charge is -2.28. The molecular weight excluding hydrogens is 222 g/mol. The van der Waals surface area contributed by atoms with Gasteiger partial charge in [0, 0.05) is 18.9 Å². The Hall–Kier alpha value is -0.950. The molecule has 1 aromatic rings. The van der Waals surface area contributed by atoms with Gasteiger partial charge in [-0.25, -0.2) is 4.98 Å². The fraction of sp³-hybridized carbons (Fsp3) is 0.727. The molecule has 0 aliphatic carbocycles. The van der Waals surface area contributed by atoms with E-state index in [1.807, 2.05) is 10.8 Å². The van der Waals surface area contributed by atoms with E-state index >= 15 is 0 Å². The van der Waals surface area contributed by atoms with Crippen LogP contribution in [0.4, 0.5) is 0 Å². The number of imidazole rings is 1. The Morgan fingerprint density at radius 3 is 2.47 bits per heavy atom. The number of rotatable bonds is 8. The Kier molecular flexibility index (Phi) is 5.57. The van der Waals surface area contributed by atoms with Crippen molar-refractivity contribution in [2.24, 2.45) is 0 Å². The predicted molar refractivity (Wildman–Crippen MR) is 63.3 cm³/mol. The highest BCUT2D eigenvalue weighted by Crippen LogP contribution is 2.05. The van der Waals surface area contributed by atoms with Gasteiger partial charge in [-0.2, -0.15) is 0 Å². The summed E-state index contributed by atoms with van der Waals surface area (Å²) < 4.78 is 2.00. The number of aromatic nitrogens is 2. The molecule has 0 fully saturated rings. The molecule has 0 aromatic carbocycles. The summed E-state index contributed by atoms with van der Waals surface area (Å²) >= 11 is 0. The fourth-order valence-electron chi connectivity index (χ4n) is 1.54. The van der Waals surface area contributed by atoms with Crippen molar-refractivity contribution < 1.29 is 15.3 Å². The third kappa shape index (κ3) is 3.50. The van der Waals surface area contributed by atoms with Gasteiger partial charge in [0.05, 0.1) is 31.9 Å². The number of nitrogens with one attached hydrogen (secondary N) is 1. The van der Waals surface area contributed by atoms with Gasteiger partial charge in [-0.3, -0.25) is 5.32 Å². The second kappa shape index (κ2) is 6.70. The molecule has 1 aromatic heterocycles. The molecule has 1 heterocycles. The number of aliphatic hydroxyl groups is 3. The van der Waals surface area contributed by atoms with Gasteiger partial charge in [-0.1, -0.05) is 6.92 Å². The lowest BCUT2D eigenvalue weighted by Crippen LogP contribution is -2.54. The third-order valence-electron chi connectivity index (χ3n) is 2.80. The molecular formula is C11H21N3O3. The van der Waals surface area contributed by atoms with Gasteiger partial charge in [0.25, 0.3) is 0 Å². The first-order valence-corrected chi connectivity index (χ1v) is 5.79. The van der Waals surface area contributed by atoms with Crippen LogP contribution in [0, 0.1) is 0 Å². The Morgan fingerprint density at radius 2 is 1.94 bits per heavy atom. The van der Waals surface area contributed by atoms with E-state index in [4.69, 9.17) is 15.3 Å². The summed E-state index contributed by atoms with van der Waals surface area (Å²) in [7, 11) is 0. The monoisotopic (exact) mass is 243 g/mol. The standard InChI is InChI=1S/C11H21N3O3/c1-2-4-14-5-3-12-10(14)6-13-11(7-15,8-16)9-17/h3,5,13,15-17H,2,4,6-9H2,1H3. The van der Waals surface area contributed by atoms with Gasteiger partial charge in [-0.05, 0) is 6.42 Å². The van der Waals surface area contributed by atoms with Gasteiger partial charge in [0.15, 0.2) is 0 Å².